The highest BCUT2D eigenvalue weighted by Gasteiger charge is 1.94. The van der Waals surface area contributed by atoms with E-state index in [0.717, 1.165) is 0 Å². The van der Waals surface area contributed by atoms with Crippen LogP contribution in [0.2, 0.25) is 0 Å². The molecule has 0 fully saturated rings. The Morgan fingerprint density at radius 1 is 1.86 bits per heavy atom. The summed E-state index contributed by atoms with van der Waals surface area (Å²) in [5, 5.41) is 8.39. The lowest BCUT2D eigenvalue weighted by Gasteiger charge is -2.02. The molecule has 0 amide bonds. The van der Waals surface area contributed by atoms with Gasteiger partial charge >= 0.3 is 0 Å². The van der Waals surface area contributed by atoms with Crippen molar-refractivity contribution in [3.8, 4) is 0 Å². The van der Waals surface area contributed by atoms with E-state index < -0.39 is 0 Å². The summed E-state index contributed by atoms with van der Waals surface area (Å²) in [5.41, 5.74) is 5.39. The van der Waals surface area contributed by atoms with Crippen LogP contribution in [0.3, 0.4) is 0 Å². The van der Waals surface area contributed by atoms with Gasteiger partial charge in [-0.1, -0.05) is 0 Å². The van der Waals surface area contributed by atoms with Crippen molar-refractivity contribution in [3.63, 3.8) is 0 Å². The molecule has 0 aromatic carbocycles. The van der Waals surface area contributed by atoms with Crippen LogP contribution in [0.1, 0.15) is 6.42 Å². The van der Waals surface area contributed by atoms with Crippen LogP contribution in [-0.4, -0.2) is 23.3 Å². The van der Waals surface area contributed by atoms with Crippen LogP contribution < -0.4 is 5.73 Å². The molecule has 1 unspecified atom stereocenters. The molecule has 0 heterocycles. The first kappa shape index (κ1) is 7.27. The summed E-state index contributed by atoms with van der Waals surface area (Å²) in [7, 11) is 0. The molecule has 1 atom stereocenters. The molecule has 0 saturated heterocycles. The lowest BCUT2D eigenvalue weighted by atomic mass is 10.5. The van der Waals surface area contributed by atoms with Gasteiger partial charge in [0.2, 0.25) is 0 Å². The van der Waals surface area contributed by atoms with Gasteiger partial charge in [-0.15, -0.1) is 11.8 Å². The molecular weight excluding hydrogens is 110 g/mol. The van der Waals surface area contributed by atoms with Crippen molar-refractivity contribution in [2.75, 3.05) is 12.9 Å². The average molecular weight is 121 g/mol. The van der Waals surface area contributed by atoms with E-state index in [9.17, 15) is 0 Å². The first-order valence-corrected chi connectivity index (χ1v) is 3.49. The van der Waals surface area contributed by atoms with E-state index in [0.29, 0.717) is 6.42 Å². The summed E-state index contributed by atoms with van der Waals surface area (Å²) in [6, 6.07) is 0. The minimum Gasteiger partial charge on any atom is -0.396 e. The molecule has 0 saturated carbocycles. The van der Waals surface area contributed by atoms with Gasteiger partial charge in [-0.05, 0) is 12.7 Å². The molecule has 0 aliphatic heterocycles. The van der Waals surface area contributed by atoms with Crippen LogP contribution in [0.4, 0.5) is 0 Å². The number of aliphatic hydroxyl groups excluding tert-OH is 1. The predicted octanol–water partition coefficient (Wildman–Crippen LogP) is 0.0166. The maximum Gasteiger partial charge on any atom is 0.0526 e. The fourth-order valence-electron chi connectivity index (χ4n) is 0.245. The maximum absolute atomic E-state index is 8.27. The highest BCUT2D eigenvalue weighted by Crippen LogP contribution is 2.01. The second kappa shape index (κ2) is 4.43. The third-order valence-corrected chi connectivity index (χ3v) is 1.56. The number of thioether (sulfide) groups is 1. The molecule has 3 N–H and O–H groups in total. The van der Waals surface area contributed by atoms with Crippen molar-refractivity contribution in [1.29, 1.82) is 0 Å². The fraction of sp³-hybridized carbons (Fsp3) is 1.00. The minimum atomic E-state index is 0.116. The molecule has 0 aromatic heterocycles. The van der Waals surface area contributed by atoms with Crippen molar-refractivity contribution < 1.29 is 5.11 Å². The standard InChI is InChI=1S/C4H11NOS/c1-7-4(5)2-3-6/h4,6H,2-3,5H2,1H3. The van der Waals surface area contributed by atoms with E-state index in [4.69, 9.17) is 10.8 Å². The number of rotatable bonds is 3. The van der Waals surface area contributed by atoms with Gasteiger partial charge in [0.05, 0.1) is 5.37 Å². The summed E-state index contributed by atoms with van der Waals surface area (Å²) >= 11 is 1.57. The highest BCUT2D eigenvalue weighted by atomic mass is 32.2. The van der Waals surface area contributed by atoms with Crippen LogP contribution in [0, 0.1) is 0 Å². The van der Waals surface area contributed by atoms with E-state index in [1.807, 2.05) is 6.26 Å². The number of hydrogen-bond acceptors (Lipinski definition) is 3. The molecule has 2 nitrogen and oxygen atoms in total. The summed E-state index contributed by atoms with van der Waals surface area (Å²) in [6.45, 7) is 0.196. The third-order valence-electron chi connectivity index (χ3n) is 0.716. The molecule has 0 bridgehead atoms. The summed E-state index contributed by atoms with van der Waals surface area (Å²) in [6.07, 6.45) is 2.63. The van der Waals surface area contributed by atoms with E-state index in [2.05, 4.69) is 0 Å². The van der Waals surface area contributed by atoms with Gasteiger partial charge in [0.15, 0.2) is 0 Å². The Morgan fingerprint density at radius 2 is 2.43 bits per heavy atom. The first-order valence-electron chi connectivity index (χ1n) is 2.20. The quantitative estimate of drug-likeness (QED) is 0.517. The predicted molar refractivity (Wildman–Crippen MR) is 33.2 cm³/mol. The second-order valence-electron chi connectivity index (χ2n) is 1.29. The molecular formula is C4H11NOS. The zero-order valence-electron chi connectivity index (χ0n) is 4.42. The van der Waals surface area contributed by atoms with Gasteiger partial charge in [-0.2, -0.15) is 0 Å². The molecule has 0 aliphatic rings. The van der Waals surface area contributed by atoms with E-state index in [1.165, 1.54) is 0 Å². The summed E-state index contributed by atoms with van der Waals surface area (Å²) in [5.74, 6) is 0. The van der Waals surface area contributed by atoms with Crippen LogP contribution in [0.5, 0.6) is 0 Å². The van der Waals surface area contributed by atoms with E-state index in [1.54, 1.807) is 11.8 Å². The van der Waals surface area contributed by atoms with Gasteiger partial charge in [-0.3, -0.25) is 0 Å². The zero-order chi connectivity index (χ0) is 5.70. The van der Waals surface area contributed by atoms with Crippen LogP contribution in [0.15, 0.2) is 0 Å². The first-order chi connectivity index (χ1) is 3.31. The normalized spacial score (nSPS) is 14.1. The van der Waals surface area contributed by atoms with Crippen molar-refractivity contribution in [3.05, 3.63) is 0 Å². The van der Waals surface area contributed by atoms with Crippen molar-refractivity contribution >= 4 is 11.8 Å². The van der Waals surface area contributed by atoms with Gasteiger partial charge in [0.1, 0.15) is 0 Å². The molecule has 0 aromatic rings. The largest absolute Gasteiger partial charge is 0.396 e. The Labute approximate surface area is 48.1 Å². The number of nitrogens with two attached hydrogens (primary N) is 1. The monoisotopic (exact) mass is 121 g/mol. The van der Waals surface area contributed by atoms with Crippen LogP contribution in [0.25, 0.3) is 0 Å². The highest BCUT2D eigenvalue weighted by molar-refractivity contribution is 7.99. The minimum absolute atomic E-state index is 0.116. The molecule has 0 rings (SSSR count). The van der Waals surface area contributed by atoms with Crippen LogP contribution in [-0.2, 0) is 0 Å². The number of aliphatic hydroxyl groups is 1. The maximum atomic E-state index is 8.27. The Bertz CT molecular complexity index is 42.7. The molecule has 3 heteroatoms. The average Bonchev–Trinajstić information content (AvgIpc) is 1.68. The molecule has 7 heavy (non-hydrogen) atoms. The lowest BCUT2D eigenvalue weighted by Crippen LogP contribution is -2.15. The molecule has 44 valence electrons. The van der Waals surface area contributed by atoms with Gasteiger partial charge in [0, 0.05) is 6.61 Å². The second-order valence-corrected chi connectivity index (χ2v) is 2.36. The summed E-state index contributed by atoms with van der Waals surface area (Å²) < 4.78 is 0. The molecule has 0 spiro atoms. The molecule has 0 aliphatic carbocycles. The fourth-order valence-corrected chi connectivity index (χ4v) is 0.586. The lowest BCUT2D eigenvalue weighted by molar-refractivity contribution is 0.287. The van der Waals surface area contributed by atoms with Crippen LogP contribution >= 0.6 is 11.8 Å². The zero-order valence-corrected chi connectivity index (χ0v) is 5.24. The SMILES string of the molecule is CSC(N)CCO. The molecule has 0 radical (unpaired) electrons. The van der Waals surface area contributed by atoms with E-state index >= 15 is 0 Å². The van der Waals surface area contributed by atoms with Gasteiger partial charge in [-0.25, -0.2) is 0 Å². The Balaban J connectivity index is 2.83. The van der Waals surface area contributed by atoms with Crippen molar-refractivity contribution in [1.82, 2.24) is 0 Å². The van der Waals surface area contributed by atoms with E-state index in [-0.39, 0.29) is 12.0 Å². The summed E-state index contributed by atoms with van der Waals surface area (Å²) in [4.78, 5) is 0. The van der Waals surface area contributed by atoms with Crippen molar-refractivity contribution in [2.24, 2.45) is 5.73 Å². The Kier molecular flexibility index (Phi) is 4.60. The topological polar surface area (TPSA) is 46.2 Å². The third kappa shape index (κ3) is 4.12. The Hall–Kier alpha value is 0.270. The smallest absolute Gasteiger partial charge is 0.0526 e. The van der Waals surface area contributed by atoms with Crippen molar-refractivity contribution in [2.45, 2.75) is 11.8 Å². The Morgan fingerprint density at radius 3 is 2.57 bits per heavy atom. The van der Waals surface area contributed by atoms with Gasteiger partial charge in [0.25, 0.3) is 0 Å². The van der Waals surface area contributed by atoms with Gasteiger partial charge < -0.3 is 10.8 Å². The number of hydrogen-bond donors (Lipinski definition) is 2.